The molecule has 0 aromatic heterocycles. The fourth-order valence-electron chi connectivity index (χ4n) is 2.25. The smallest absolute Gasteiger partial charge is 0.239 e. The zero-order valence-electron chi connectivity index (χ0n) is 12.5. The van der Waals surface area contributed by atoms with Crippen molar-refractivity contribution in [3.05, 3.63) is 65.2 Å². The first-order valence-corrected chi connectivity index (χ1v) is 7.01. The lowest BCUT2D eigenvalue weighted by atomic mass is 10.0. The molecule has 2 N–H and O–H groups in total. The minimum absolute atomic E-state index is 0.0290. The average Bonchev–Trinajstić information content (AvgIpc) is 2.48. The zero-order valence-corrected chi connectivity index (χ0v) is 12.5. The summed E-state index contributed by atoms with van der Waals surface area (Å²) in [4.78, 5) is 11.9. The number of hydrogen-bond acceptors (Lipinski definition) is 2. The average molecular weight is 304 g/mol. The van der Waals surface area contributed by atoms with E-state index in [1.807, 2.05) is 38.1 Å². The molecule has 2 aromatic rings. The summed E-state index contributed by atoms with van der Waals surface area (Å²) in [6.45, 7) is 3.72. The monoisotopic (exact) mass is 304 g/mol. The molecule has 0 bridgehead atoms. The number of hydrogen-bond donors (Lipinski definition) is 2. The molecular formula is C17H18F2N2O. The van der Waals surface area contributed by atoms with Crippen molar-refractivity contribution in [2.24, 2.45) is 0 Å². The predicted molar refractivity (Wildman–Crippen MR) is 82.6 cm³/mol. The van der Waals surface area contributed by atoms with Crippen molar-refractivity contribution in [3.63, 3.8) is 0 Å². The second kappa shape index (κ2) is 7.02. The second-order valence-electron chi connectivity index (χ2n) is 5.12. The van der Waals surface area contributed by atoms with E-state index in [2.05, 4.69) is 10.6 Å². The highest BCUT2D eigenvalue weighted by molar-refractivity contribution is 5.81. The normalized spacial score (nSPS) is 11.8. The van der Waals surface area contributed by atoms with Gasteiger partial charge in [0.1, 0.15) is 11.6 Å². The molecule has 5 heteroatoms. The highest BCUT2D eigenvalue weighted by Crippen LogP contribution is 2.17. The topological polar surface area (TPSA) is 41.1 Å². The Hall–Kier alpha value is -2.43. The maximum atomic E-state index is 13.4. The van der Waals surface area contributed by atoms with Gasteiger partial charge in [-0.3, -0.25) is 4.79 Å². The fraction of sp³-hybridized carbons (Fsp3) is 0.235. The van der Waals surface area contributed by atoms with Crippen molar-refractivity contribution >= 4 is 11.6 Å². The van der Waals surface area contributed by atoms with E-state index in [4.69, 9.17) is 0 Å². The number of rotatable bonds is 5. The van der Waals surface area contributed by atoms with E-state index in [-0.39, 0.29) is 24.2 Å². The molecule has 22 heavy (non-hydrogen) atoms. The van der Waals surface area contributed by atoms with Crippen LogP contribution in [0.2, 0.25) is 0 Å². The van der Waals surface area contributed by atoms with Crippen LogP contribution >= 0.6 is 0 Å². The predicted octanol–water partition coefficient (Wildman–Crippen LogP) is 3.56. The van der Waals surface area contributed by atoms with Crippen LogP contribution in [0.3, 0.4) is 0 Å². The minimum Gasteiger partial charge on any atom is -0.374 e. The van der Waals surface area contributed by atoms with Gasteiger partial charge in [-0.05, 0) is 43.2 Å². The Bertz CT molecular complexity index is 673. The first kappa shape index (κ1) is 15.9. The van der Waals surface area contributed by atoms with Crippen molar-refractivity contribution < 1.29 is 13.6 Å². The quantitative estimate of drug-likeness (QED) is 0.887. The largest absolute Gasteiger partial charge is 0.374 e. The SMILES string of the molecule is Cc1ccccc1C(C)NC(=O)CNc1cc(F)ccc1F. The van der Waals surface area contributed by atoms with Gasteiger partial charge in [0.05, 0.1) is 18.3 Å². The van der Waals surface area contributed by atoms with Gasteiger partial charge in [-0.2, -0.15) is 0 Å². The molecule has 0 spiro atoms. The summed E-state index contributed by atoms with van der Waals surface area (Å²) in [5, 5.41) is 5.42. The van der Waals surface area contributed by atoms with Crippen LogP contribution in [-0.4, -0.2) is 12.5 Å². The molecule has 1 amide bonds. The summed E-state index contributed by atoms with van der Waals surface area (Å²) in [5.41, 5.74) is 2.07. The summed E-state index contributed by atoms with van der Waals surface area (Å²) in [6.07, 6.45) is 0. The van der Waals surface area contributed by atoms with Crippen LogP contribution in [0.1, 0.15) is 24.1 Å². The van der Waals surface area contributed by atoms with Gasteiger partial charge in [-0.25, -0.2) is 8.78 Å². The molecule has 0 saturated heterocycles. The number of benzene rings is 2. The van der Waals surface area contributed by atoms with Gasteiger partial charge in [0, 0.05) is 0 Å². The molecule has 0 radical (unpaired) electrons. The Kier molecular flexibility index (Phi) is 5.09. The first-order chi connectivity index (χ1) is 10.5. The van der Waals surface area contributed by atoms with Crippen LogP contribution in [0, 0.1) is 18.6 Å². The molecule has 1 unspecified atom stereocenters. The lowest BCUT2D eigenvalue weighted by molar-refractivity contribution is -0.120. The molecule has 0 aliphatic carbocycles. The van der Waals surface area contributed by atoms with Gasteiger partial charge in [0.15, 0.2) is 0 Å². The molecule has 116 valence electrons. The van der Waals surface area contributed by atoms with Crippen LogP contribution in [0.4, 0.5) is 14.5 Å². The third-order valence-electron chi connectivity index (χ3n) is 3.40. The lowest BCUT2D eigenvalue weighted by Crippen LogP contribution is -2.32. The molecule has 2 aromatic carbocycles. The first-order valence-electron chi connectivity index (χ1n) is 7.01. The number of nitrogens with one attached hydrogen (secondary N) is 2. The molecule has 2 rings (SSSR count). The van der Waals surface area contributed by atoms with Crippen molar-refractivity contribution in [2.75, 3.05) is 11.9 Å². The highest BCUT2D eigenvalue weighted by Gasteiger charge is 2.12. The van der Waals surface area contributed by atoms with Gasteiger partial charge < -0.3 is 10.6 Å². The maximum Gasteiger partial charge on any atom is 0.239 e. The summed E-state index contributed by atoms with van der Waals surface area (Å²) < 4.78 is 26.5. The molecule has 0 heterocycles. The van der Waals surface area contributed by atoms with E-state index >= 15 is 0 Å². The van der Waals surface area contributed by atoms with Gasteiger partial charge >= 0.3 is 0 Å². The Labute approximate surface area is 128 Å². The second-order valence-corrected chi connectivity index (χ2v) is 5.12. The standard InChI is InChI=1S/C17H18F2N2O/c1-11-5-3-4-6-14(11)12(2)21-17(22)10-20-16-9-13(18)7-8-15(16)19/h3-9,12,20H,10H2,1-2H3,(H,21,22). The van der Waals surface area contributed by atoms with Gasteiger partial charge in [-0.15, -0.1) is 0 Å². The van der Waals surface area contributed by atoms with Crippen LogP contribution < -0.4 is 10.6 Å². The van der Waals surface area contributed by atoms with Crippen molar-refractivity contribution in [2.45, 2.75) is 19.9 Å². The van der Waals surface area contributed by atoms with Gasteiger partial charge in [0.2, 0.25) is 5.91 Å². The van der Waals surface area contributed by atoms with Crippen molar-refractivity contribution in [1.29, 1.82) is 0 Å². The minimum atomic E-state index is -0.596. The zero-order chi connectivity index (χ0) is 16.1. The van der Waals surface area contributed by atoms with E-state index in [0.29, 0.717) is 0 Å². The van der Waals surface area contributed by atoms with E-state index in [1.165, 1.54) is 0 Å². The molecule has 0 fully saturated rings. The Morgan fingerprint density at radius 1 is 1.18 bits per heavy atom. The lowest BCUT2D eigenvalue weighted by Gasteiger charge is -2.17. The molecule has 3 nitrogen and oxygen atoms in total. The molecule has 0 aliphatic rings. The van der Waals surface area contributed by atoms with Crippen molar-refractivity contribution in [1.82, 2.24) is 5.32 Å². The number of amides is 1. The van der Waals surface area contributed by atoms with Crippen LogP contribution in [0.25, 0.3) is 0 Å². The molecule has 0 aliphatic heterocycles. The number of anilines is 1. The summed E-state index contributed by atoms with van der Waals surface area (Å²) >= 11 is 0. The van der Waals surface area contributed by atoms with E-state index < -0.39 is 11.6 Å². The Morgan fingerprint density at radius 2 is 1.91 bits per heavy atom. The summed E-state index contributed by atoms with van der Waals surface area (Å²) in [6, 6.07) is 10.7. The van der Waals surface area contributed by atoms with E-state index in [1.54, 1.807) is 0 Å². The van der Waals surface area contributed by atoms with Gasteiger partial charge in [-0.1, -0.05) is 24.3 Å². The van der Waals surface area contributed by atoms with E-state index in [0.717, 1.165) is 29.3 Å². The highest BCUT2D eigenvalue weighted by atomic mass is 19.1. The fourth-order valence-corrected chi connectivity index (χ4v) is 2.25. The number of aryl methyl sites for hydroxylation is 1. The summed E-state index contributed by atoms with van der Waals surface area (Å²) in [5.74, 6) is -1.45. The van der Waals surface area contributed by atoms with Crippen LogP contribution in [-0.2, 0) is 4.79 Å². The number of halogens is 2. The number of carbonyl (C=O) groups excluding carboxylic acids is 1. The molecular weight excluding hydrogens is 286 g/mol. The number of carbonyl (C=O) groups is 1. The third kappa shape index (κ3) is 4.04. The van der Waals surface area contributed by atoms with Crippen molar-refractivity contribution in [3.8, 4) is 0 Å². The molecule has 0 saturated carbocycles. The summed E-state index contributed by atoms with van der Waals surface area (Å²) in [7, 11) is 0. The Balaban J connectivity index is 1.93. The molecule has 1 atom stereocenters. The maximum absolute atomic E-state index is 13.4. The Morgan fingerprint density at radius 3 is 2.64 bits per heavy atom. The van der Waals surface area contributed by atoms with Crippen LogP contribution in [0.5, 0.6) is 0 Å². The third-order valence-corrected chi connectivity index (χ3v) is 3.40. The van der Waals surface area contributed by atoms with Gasteiger partial charge in [0.25, 0.3) is 0 Å². The van der Waals surface area contributed by atoms with E-state index in [9.17, 15) is 13.6 Å². The van der Waals surface area contributed by atoms with Crippen LogP contribution in [0.15, 0.2) is 42.5 Å².